The van der Waals surface area contributed by atoms with Crippen LogP contribution in [0.5, 0.6) is 0 Å². The number of amidine groups is 1. The van der Waals surface area contributed by atoms with Crippen molar-refractivity contribution in [1.82, 2.24) is 15.2 Å². The molecule has 0 radical (unpaired) electrons. The van der Waals surface area contributed by atoms with Crippen LogP contribution in [0.3, 0.4) is 0 Å². The van der Waals surface area contributed by atoms with E-state index in [1.54, 1.807) is 12.3 Å². The molecule has 2 aromatic heterocycles. The van der Waals surface area contributed by atoms with Crippen molar-refractivity contribution in [2.45, 2.75) is 10.1 Å². The molecule has 0 unspecified atom stereocenters. The maximum atomic E-state index is 8.70. The van der Waals surface area contributed by atoms with E-state index in [9.17, 15) is 0 Å². The fraction of sp³-hybridized carbons (Fsp3) is 0. The Labute approximate surface area is 115 Å². The van der Waals surface area contributed by atoms with E-state index in [0.29, 0.717) is 10.6 Å². The minimum absolute atomic E-state index is 0.00971. The highest BCUT2D eigenvalue weighted by Crippen LogP contribution is 2.27. The molecule has 0 aliphatic heterocycles. The van der Waals surface area contributed by atoms with Crippen molar-refractivity contribution >= 4 is 33.5 Å². The van der Waals surface area contributed by atoms with Crippen molar-refractivity contribution in [1.29, 1.82) is 0 Å². The van der Waals surface area contributed by atoms with Gasteiger partial charge in [-0.2, -0.15) is 5.10 Å². The molecule has 92 valence electrons. The molecule has 2 rings (SSSR count). The largest absolute Gasteiger partial charge is 0.409 e. The van der Waals surface area contributed by atoms with Crippen molar-refractivity contribution in [3.05, 3.63) is 40.6 Å². The summed E-state index contributed by atoms with van der Waals surface area (Å²) < 4.78 is 0.891. The van der Waals surface area contributed by atoms with Gasteiger partial charge in [0.05, 0.1) is 11.8 Å². The molecule has 2 aromatic rings. The minimum atomic E-state index is -0.00971. The van der Waals surface area contributed by atoms with Crippen LogP contribution >= 0.6 is 27.7 Å². The molecule has 0 amide bonds. The highest BCUT2D eigenvalue weighted by atomic mass is 79.9. The molecule has 0 aromatic carbocycles. The molecule has 0 spiro atoms. The second kappa shape index (κ2) is 5.78. The summed E-state index contributed by atoms with van der Waals surface area (Å²) in [6, 6.07) is 5.33. The lowest BCUT2D eigenvalue weighted by molar-refractivity contribution is 0.318. The quantitative estimate of drug-likeness (QED) is 0.387. The summed E-state index contributed by atoms with van der Waals surface area (Å²) in [6.45, 7) is 0. The zero-order valence-electron chi connectivity index (χ0n) is 8.99. The predicted molar refractivity (Wildman–Crippen MR) is 70.6 cm³/mol. The second-order valence-corrected chi connectivity index (χ2v) is 5.08. The van der Waals surface area contributed by atoms with Gasteiger partial charge >= 0.3 is 0 Å². The van der Waals surface area contributed by atoms with Gasteiger partial charge in [0.1, 0.15) is 10.1 Å². The fourth-order valence-corrected chi connectivity index (χ4v) is 2.21. The van der Waals surface area contributed by atoms with Gasteiger partial charge in [-0.05, 0) is 45.9 Å². The summed E-state index contributed by atoms with van der Waals surface area (Å²) >= 11 is 4.60. The molecule has 2 heterocycles. The summed E-state index contributed by atoms with van der Waals surface area (Å²) in [5.74, 6) is -0.00971. The van der Waals surface area contributed by atoms with E-state index in [-0.39, 0.29) is 5.84 Å². The summed E-state index contributed by atoms with van der Waals surface area (Å²) in [6.07, 6.45) is 3.16. The van der Waals surface area contributed by atoms with Crippen LogP contribution < -0.4 is 5.73 Å². The third kappa shape index (κ3) is 2.96. The Morgan fingerprint density at radius 1 is 1.39 bits per heavy atom. The molecule has 0 saturated heterocycles. The highest BCUT2D eigenvalue weighted by molar-refractivity contribution is 9.10. The van der Waals surface area contributed by atoms with Crippen LogP contribution in [0.4, 0.5) is 0 Å². The van der Waals surface area contributed by atoms with Crippen molar-refractivity contribution < 1.29 is 5.21 Å². The van der Waals surface area contributed by atoms with Gasteiger partial charge in [0.15, 0.2) is 5.84 Å². The summed E-state index contributed by atoms with van der Waals surface area (Å²) in [7, 11) is 0. The van der Waals surface area contributed by atoms with Crippen molar-refractivity contribution in [3.63, 3.8) is 0 Å². The third-order valence-corrected chi connectivity index (χ3v) is 3.39. The first-order valence-electron chi connectivity index (χ1n) is 4.79. The highest BCUT2D eigenvalue weighted by Gasteiger charge is 2.10. The molecular weight excluding hydrogens is 318 g/mol. The Bertz CT molecular complexity index is 575. The topological polar surface area (TPSA) is 97.3 Å². The predicted octanol–water partition coefficient (Wildman–Crippen LogP) is 1.88. The number of aromatic nitrogens is 3. The molecule has 18 heavy (non-hydrogen) atoms. The average Bonchev–Trinajstić information content (AvgIpc) is 2.41. The Morgan fingerprint density at radius 2 is 2.22 bits per heavy atom. The van der Waals surface area contributed by atoms with Gasteiger partial charge in [-0.25, -0.2) is 4.98 Å². The first-order chi connectivity index (χ1) is 8.70. The monoisotopic (exact) mass is 325 g/mol. The first kappa shape index (κ1) is 12.8. The summed E-state index contributed by atoms with van der Waals surface area (Å²) in [5, 5.41) is 20.7. The Morgan fingerprint density at radius 3 is 2.89 bits per heavy atom. The molecule has 0 fully saturated rings. The van der Waals surface area contributed by atoms with Crippen molar-refractivity contribution in [2.24, 2.45) is 10.9 Å². The van der Waals surface area contributed by atoms with E-state index in [1.807, 2.05) is 12.1 Å². The molecule has 0 bridgehead atoms. The van der Waals surface area contributed by atoms with Crippen LogP contribution in [0.2, 0.25) is 0 Å². The molecule has 8 heteroatoms. The van der Waals surface area contributed by atoms with Crippen LogP contribution in [0, 0.1) is 0 Å². The number of pyridine rings is 1. The van der Waals surface area contributed by atoms with Gasteiger partial charge in [-0.15, -0.1) is 5.10 Å². The van der Waals surface area contributed by atoms with Gasteiger partial charge < -0.3 is 10.9 Å². The smallest absolute Gasteiger partial charge is 0.172 e. The van der Waals surface area contributed by atoms with Crippen molar-refractivity contribution in [3.8, 4) is 0 Å². The zero-order valence-corrected chi connectivity index (χ0v) is 11.4. The Balaban J connectivity index is 2.32. The number of nitrogens with two attached hydrogens (primary N) is 1. The molecule has 0 aliphatic rings. The van der Waals surface area contributed by atoms with E-state index in [4.69, 9.17) is 10.9 Å². The fourth-order valence-electron chi connectivity index (χ4n) is 1.16. The summed E-state index contributed by atoms with van der Waals surface area (Å²) in [5.41, 5.74) is 6.08. The molecule has 6 nitrogen and oxygen atoms in total. The lowest BCUT2D eigenvalue weighted by atomic mass is 10.3. The van der Waals surface area contributed by atoms with Gasteiger partial charge in [0, 0.05) is 10.7 Å². The standard InChI is InChI=1S/C10H8BrN5OS/c11-6-1-2-8(13-5-6)18-10-7(9(12)16-17)3-4-14-15-10/h1-5,17H,(H2,12,16). The van der Waals surface area contributed by atoms with Crippen LogP contribution in [0.1, 0.15) is 5.56 Å². The number of rotatable bonds is 3. The van der Waals surface area contributed by atoms with Gasteiger partial charge in [-0.1, -0.05) is 5.16 Å². The van der Waals surface area contributed by atoms with E-state index >= 15 is 0 Å². The van der Waals surface area contributed by atoms with Crippen LogP contribution in [0.25, 0.3) is 0 Å². The Hall–Kier alpha value is -1.67. The lowest BCUT2D eigenvalue weighted by Gasteiger charge is -2.04. The SMILES string of the molecule is N/C(=N/O)c1ccnnc1Sc1ccc(Br)cn1. The van der Waals surface area contributed by atoms with Gasteiger partial charge in [-0.3, -0.25) is 0 Å². The number of oxime groups is 1. The van der Waals surface area contributed by atoms with Crippen LogP contribution in [-0.4, -0.2) is 26.2 Å². The molecular formula is C10H8BrN5OS. The maximum absolute atomic E-state index is 8.70. The molecule has 0 saturated carbocycles. The van der Waals surface area contributed by atoms with Gasteiger partial charge in [0.2, 0.25) is 0 Å². The first-order valence-corrected chi connectivity index (χ1v) is 6.40. The Kier molecular flexibility index (Phi) is 4.11. The van der Waals surface area contributed by atoms with E-state index in [1.165, 1.54) is 18.0 Å². The number of nitrogens with zero attached hydrogens (tertiary/aromatic N) is 4. The minimum Gasteiger partial charge on any atom is -0.409 e. The third-order valence-electron chi connectivity index (χ3n) is 1.97. The number of hydrogen-bond donors (Lipinski definition) is 2. The van der Waals surface area contributed by atoms with E-state index in [2.05, 4.69) is 36.3 Å². The van der Waals surface area contributed by atoms with E-state index < -0.39 is 0 Å². The lowest BCUT2D eigenvalue weighted by Crippen LogP contribution is -2.15. The van der Waals surface area contributed by atoms with Crippen molar-refractivity contribution in [2.75, 3.05) is 0 Å². The molecule has 3 N–H and O–H groups in total. The van der Waals surface area contributed by atoms with E-state index in [0.717, 1.165) is 9.50 Å². The molecule has 0 atom stereocenters. The van der Waals surface area contributed by atoms with Gasteiger partial charge in [0.25, 0.3) is 0 Å². The normalized spacial score (nSPS) is 11.5. The maximum Gasteiger partial charge on any atom is 0.172 e. The van der Waals surface area contributed by atoms with Crippen LogP contribution in [-0.2, 0) is 0 Å². The average molecular weight is 326 g/mol. The summed E-state index contributed by atoms with van der Waals surface area (Å²) in [4.78, 5) is 4.20. The number of halogens is 1. The zero-order chi connectivity index (χ0) is 13.0. The second-order valence-electron chi connectivity index (χ2n) is 3.15. The van der Waals surface area contributed by atoms with Crippen LogP contribution in [0.15, 0.2) is 50.3 Å². The molecule has 0 aliphatic carbocycles. The number of hydrogen-bond acceptors (Lipinski definition) is 6.